The summed E-state index contributed by atoms with van der Waals surface area (Å²) in [6, 6.07) is 1.17. The minimum atomic E-state index is -0.637. The van der Waals surface area contributed by atoms with Crippen molar-refractivity contribution in [3.63, 3.8) is 0 Å². The monoisotopic (exact) mass is 313 g/mol. The molecule has 116 valence electrons. The molecule has 0 aliphatic heterocycles. The summed E-state index contributed by atoms with van der Waals surface area (Å²) in [6.07, 6.45) is 3.91. The predicted octanol–water partition coefficient (Wildman–Crippen LogP) is 3.59. The number of rotatable bonds is 7. The summed E-state index contributed by atoms with van der Waals surface area (Å²) in [4.78, 5) is 26.0. The van der Waals surface area contributed by atoms with E-state index in [-0.39, 0.29) is 22.4 Å². The van der Waals surface area contributed by atoms with Gasteiger partial charge in [-0.05, 0) is 25.3 Å². The molecule has 21 heavy (non-hydrogen) atoms. The van der Waals surface area contributed by atoms with Gasteiger partial charge in [0.15, 0.2) is 0 Å². The molecular formula is C14H20ClN3O3. The molecule has 0 aromatic carbocycles. The molecule has 1 amide bonds. The first-order valence-electron chi connectivity index (χ1n) is 6.92. The van der Waals surface area contributed by atoms with Crippen LogP contribution in [0.2, 0.25) is 5.15 Å². The van der Waals surface area contributed by atoms with Gasteiger partial charge in [-0.3, -0.25) is 14.9 Å². The molecule has 1 aromatic heterocycles. The Morgan fingerprint density at radius 2 is 2.10 bits per heavy atom. The Morgan fingerprint density at radius 3 is 2.67 bits per heavy atom. The van der Waals surface area contributed by atoms with Gasteiger partial charge in [0.25, 0.3) is 11.6 Å². The van der Waals surface area contributed by atoms with E-state index in [1.807, 2.05) is 6.92 Å². The number of aromatic nitrogens is 1. The van der Waals surface area contributed by atoms with Gasteiger partial charge in [-0.15, -0.1) is 0 Å². The van der Waals surface area contributed by atoms with Gasteiger partial charge in [-0.25, -0.2) is 4.98 Å². The molecule has 1 N–H and O–H groups in total. The highest BCUT2D eigenvalue weighted by atomic mass is 35.5. The molecule has 0 spiro atoms. The molecule has 1 heterocycles. The van der Waals surface area contributed by atoms with E-state index in [2.05, 4.69) is 24.1 Å². The number of pyridine rings is 1. The second kappa shape index (κ2) is 7.93. The normalized spacial score (nSPS) is 12.2. The van der Waals surface area contributed by atoms with E-state index in [1.54, 1.807) is 0 Å². The van der Waals surface area contributed by atoms with Crippen LogP contribution in [0.5, 0.6) is 0 Å². The number of amides is 1. The number of nitrogens with zero attached hydrogens (tertiary/aromatic N) is 2. The van der Waals surface area contributed by atoms with Crippen molar-refractivity contribution in [2.45, 2.75) is 46.1 Å². The van der Waals surface area contributed by atoms with Crippen LogP contribution in [0.3, 0.4) is 0 Å². The smallest absolute Gasteiger partial charge is 0.300 e. The average molecular weight is 314 g/mol. The third kappa shape index (κ3) is 5.67. The van der Waals surface area contributed by atoms with Gasteiger partial charge < -0.3 is 5.32 Å². The van der Waals surface area contributed by atoms with Gasteiger partial charge in [0.2, 0.25) is 0 Å². The Hall–Kier alpha value is -1.69. The molecule has 1 atom stereocenters. The van der Waals surface area contributed by atoms with Crippen LogP contribution < -0.4 is 5.32 Å². The Kier molecular flexibility index (Phi) is 6.55. The molecule has 0 saturated heterocycles. The molecule has 0 aliphatic rings. The van der Waals surface area contributed by atoms with E-state index >= 15 is 0 Å². The highest BCUT2D eigenvalue weighted by Crippen LogP contribution is 2.20. The van der Waals surface area contributed by atoms with Gasteiger partial charge >= 0.3 is 0 Å². The molecule has 1 rings (SSSR count). The van der Waals surface area contributed by atoms with Gasteiger partial charge in [0.1, 0.15) is 16.9 Å². The van der Waals surface area contributed by atoms with E-state index in [4.69, 9.17) is 11.6 Å². The summed E-state index contributed by atoms with van der Waals surface area (Å²) < 4.78 is 0. The molecular weight excluding hydrogens is 294 g/mol. The summed E-state index contributed by atoms with van der Waals surface area (Å²) in [5.74, 6) is 0.121. The zero-order valence-corrected chi connectivity index (χ0v) is 13.2. The van der Waals surface area contributed by atoms with Gasteiger partial charge in [-0.2, -0.15) is 0 Å². The average Bonchev–Trinajstić information content (AvgIpc) is 2.37. The van der Waals surface area contributed by atoms with Gasteiger partial charge in [0, 0.05) is 6.04 Å². The van der Waals surface area contributed by atoms with Gasteiger partial charge in [0.05, 0.1) is 4.92 Å². The molecule has 1 aromatic rings. The number of nitro groups is 1. The quantitative estimate of drug-likeness (QED) is 0.473. The summed E-state index contributed by atoms with van der Waals surface area (Å²) in [5.41, 5.74) is -0.401. The zero-order valence-electron chi connectivity index (χ0n) is 12.4. The fraction of sp³-hybridized carbons (Fsp3) is 0.571. The highest BCUT2D eigenvalue weighted by molar-refractivity contribution is 6.29. The second-order valence-corrected chi connectivity index (χ2v) is 5.87. The number of carbonyl (C=O) groups excluding carboxylic acids is 1. The Balaban J connectivity index is 2.71. The lowest BCUT2D eigenvalue weighted by Crippen LogP contribution is -2.33. The van der Waals surface area contributed by atoms with Crippen molar-refractivity contribution in [2.24, 2.45) is 5.92 Å². The zero-order chi connectivity index (χ0) is 16.0. The van der Waals surface area contributed by atoms with E-state index in [0.717, 1.165) is 25.5 Å². The summed E-state index contributed by atoms with van der Waals surface area (Å²) in [6.45, 7) is 6.17. The van der Waals surface area contributed by atoms with Crippen molar-refractivity contribution in [2.75, 3.05) is 0 Å². The maximum absolute atomic E-state index is 12.1. The van der Waals surface area contributed by atoms with Crippen LogP contribution in [0.25, 0.3) is 0 Å². The molecule has 6 nitrogen and oxygen atoms in total. The first kappa shape index (κ1) is 17.4. The van der Waals surface area contributed by atoms with Crippen molar-refractivity contribution >= 4 is 23.2 Å². The number of nitrogens with one attached hydrogen (secondary N) is 1. The van der Waals surface area contributed by atoms with Crippen molar-refractivity contribution in [3.8, 4) is 0 Å². The summed E-state index contributed by atoms with van der Waals surface area (Å²) in [7, 11) is 0. The highest BCUT2D eigenvalue weighted by Gasteiger charge is 2.22. The van der Waals surface area contributed by atoms with E-state index in [0.29, 0.717) is 5.92 Å². The largest absolute Gasteiger partial charge is 0.349 e. The molecule has 1 unspecified atom stereocenters. The predicted molar refractivity (Wildman–Crippen MR) is 81.5 cm³/mol. The number of hydrogen-bond acceptors (Lipinski definition) is 4. The van der Waals surface area contributed by atoms with Crippen molar-refractivity contribution in [1.29, 1.82) is 0 Å². The molecule has 0 aliphatic carbocycles. The summed E-state index contributed by atoms with van der Waals surface area (Å²) in [5, 5.41) is 13.7. The topological polar surface area (TPSA) is 85.1 Å². The maximum atomic E-state index is 12.1. The SMILES string of the molecule is CC(C)CCCC(C)NC(=O)c1cc(Cl)ncc1[N+](=O)[O-]. The molecule has 7 heteroatoms. The van der Waals surface area contributed by atoms with Crippen molar-refractivity contribution in [3.05, 3.63) is 33.1 Å². The molecule has 0 fully saturated rings. The first-order chi connectivity index (χ1) is 9.81. The van der Waals surface area contributed by atoms with E-state index in [1.165, 1.54) is 6.07 Å². The van der Waals surface area contributed by atoms with Crippen LogP contribution in [0, 0.1) is 16.0 Å². The minimum Gasteiger partial charge on any atom is -0.349 e. The van der Waals surface area contributed by atoms with Crippen LogP contribution in [-0.2, 0) is 0 Å². The number of halogens is 1. The Labute approximate surface area is 129 Å². The summed E-state index contributed by atoms with van der Waals surface area (Å²) >= 11 is 5.71. The molecule has 0 bridgehead atoms. The maximum Gasteiger partial charge on any atom is 0.300 e. The number of hydrogen-bond donors (Lipinski definition) is 1. The van der Waals surface area contributed by atoms with Crippen LogP contribution in [-0.4, -0.2) is 21.9 Å². The third-order valence-electron chi connectivity index (χ3n) is 3.09. The van der Waals surface area contributed by atoms with Crippen LogP contribution in [0.15, 0.2) is 12.3 Å². The molecule has 0 saturated carbocycles. The minimum absolute atomic E-state index is 0.0530. The Morgan fingerprint density at radius 1 is 1.43 bits per heavy atom. The van der Waals surface area contributed by atoms with Crippen LogP contribution in [0.4, 0.5) is 5.69 Å². The third-order valence-corrected chi connectivity index (χ3v) is 3.29. The number of carbonyl (C=O) groups is 1. The van der Waals surface area contributed by atoms with Gasteiger partial charge in [-0.1, -0.05) is 38.3 Å². The van der Waals surface area contributed by atoms with E-state index < -0.39 is 10.8 Å². The Bertz CT molecular complexity index is 520. The standard InChI is InChI=1S/C14H20ClN3O3/c1-9(2)5-4-6-10(3)17-14(19)11-7-13(15)16-8-12(11)18(20)21/h7-10H,4-6H2,1-3H3,(H,17,19). The lowest BCUT2D eigenvalue weighted by Gasteiger charge is -2.14. The second-order valence-electron chi connectivity index (χ2n) is 5.48. The van der Waals surface area contributed by atoms with Crippen molar-refractivity contribution in [1.82, 2.24) is 10.3 Å². The first-order valence-corrected chi connectivity index (χ1v) is 7.29. The lowest BCUT2D eigenvalue weighted by molar-refractivity contribution is -0.385. The van der Waals surface area contributed by atoms with E-state index in [9.17, 15) is 14.9 Å². The molecule has 0 radical (unpaired) electrons. The fourth-order valence-electron chi connectivity index (χ4n) is 1.96. The fourth-order valence-corrected chi connectivity index (χ4v) is 2.11. The lowest BCUT2D eigenvalue weighted by atomic mass is 10.0. The van der Waals surface area contributed by atoms with Crippen LogP contribution in [0.1, 0.15) is 50.4 Å². The van der Waals surface area contributed by atoms with Crippen molar-refractivity contribution < 1.29 is 9.72 Å². The van der Waals surface area contributed by atoms with Crippen LogP contribution >= 0.6 is 11.6 Å².